The third-order valence-electron chi connectivity index (χ3n) is 15.8. The maximum Gasteiger partial charge on any atom is 0.472 e. The van der Waals surface area contributed by atoms with Gasteiger partial charge in [0.05, 0.1) is 26.4 Å². The molecule has 0 aliphatic carbocycles. The molecule has 0 rings (SSSR count). The van der Waals surface area contributed by atoms with Crippen molar-refractivity contribution in [1.82, 2.24) is 0 Å². The van der Waals surface area contributed by atoms with E-state index in [1.54, 1.807) is 0 Å². The van der Waals surface area contributed by atoms with Crippen molar-refractivity contribution in [3.05, 3.63) is 0 Å². The van der Waals surface area contributed by atoms with E-state index >= 15 is 0 Å². The number of hydrogen-bond acceptors (Lipinski definition) is 15. The monoisotopic (exact) mass is 1300 g/mol. The molecule has 3 unspecified atom stereocenters. The van der Waals surface area contributed by atoms with Gasteiger partial charge in [-0.25, -0.2) is 9.13 Å². The molecule has 0 bridgehead atoms. The minimum atomic E-state index is -4.95. The fourth-order valence-electron chi connectivity index (χ4n) is 10.3. The first-order valence-corrected chi connectivity index (χ1v) is 38.7. The number of ether oxygens (including phenoxy) is 4. The van der Waals surface area contributed by atoms with E-state index in [0.29, 0.717) is 31.6 Å². The fraction of sp³-hybridized carbons (Fsp3) is 0.942. The maximum atomic E-state index is 13.0. The third-order valence-corrected chi connectivity index (χ3v) is 17.7. The summed E-state index contributed by atoms with van der Waals surface area (Å²) in [5, 5.41) is 10.6. The fourth-order valence-corrected chi connectivity index (χ4v) is 11.9. The van der Waals surface area contributed by atoms with E-state index < -0.39 is 97.5 Å². The van der Waals surface area contributed by atoms with Gasteiger partial charge in [-0.3, -0.25) is 37.3 Å². The number of aliphatic hydroxyl groups excluding tert-OH is 1. The number of phosphoric acid groups is 2. The molecule has 0 saturated heterocycles. The van der Waals surface area contributed by atoms with Crippen molar-refractivity contribution >= 4 is 39.5 Å². The van der Waals surface area contributed by atoms with Crippen LogP contribution in [0.2, 0.25) is 0 Å². The second kappa shape index (κ2) is 58.8. The van der Waals surface area contributed by atoms with E-state index in [2.05, 4.69) is 55.4 Å². The minimum absolute atomic E-state index is 0.101. The molecule has 0 fully saturated rings. The average Bonchev–Trinajstić information content (AvgIpc) is 3.63. The lowest BCUT2D eigenvalue weighted by Gasteiger charge is -2.21. The number of esters is 4. The van der Waals surface area contributed by atoms with Crippen LogP contribution in [0.25, 0.3) is 0 Å². The zero-order valence-electron chi connectivity index (χ0n) is 57.3. The largest absolute Gasteiger partial charge is 0.472 e. The van der Waals surface area contributed by atoms with E-state index in [1.807, 2.05) is 0 Å². The first-order valence-electron chi connectivity index (χ1n) is 35.7. The Labute approximate surface area is 537 Å². The van der Waals surface area contributed by atoms with E-state index in [-0.39, 0.29) is 25.7 Å². The Balaban J connectivity index is 5.22. The topological polar surface area (TPSA) is 237 Å². The van der Waals surface area contributed by atoms with Crippen molar-refractivity contribution in [3.63, 3.8) is 0 Å². The summed E-state index contributed by atoms with van der Waals surface area (Å²) in [7, 11) is -9.90. The number of unbranched alkanes of at least 4 members (excludes halogenated alkanes) is 32. The molecule has 0 aliphatic rings. The number of rotatable bonds is 66. The molecule has 17 nitrogen and oxygen atoms in total. The van der Waals surface area contributed by atoms with Gasteiger partial charge in [-0.1, -0.05) is 287 Å². The van der Waals surface area contributed by atoms with Crippen LogP contribution in [0.4, 0.5) is 0 Å². The number of aliphatic hydroxyl groups is 1. The second-order valence-electron chi connectivity index (χ2n) is 26.8. The van der Waals surface area contributed by atoms with Crippen molar-refractivity contribution in [2.75, 3.05) is 39.6 Å². The van der Waals surface area contributed by atoms with E-state index in [0.717, 1.165) is 108 Å². The average molecular weight is 1300 g/mol. The number of phosphoric ester groups is 2. The molecular formula is C69H134O17P2. The molecule has 0 aliphatic heterocycles. The Kier molecular flexibility index (Phi) is 57.6. The molecule has 3 N–H and O–H groups in total. The van der Waals surface area contributed by atoms with Gasteiger partial charge in [0.25, 0.3) is 0 Å². The first-order chi connectivity index (χ1) is 42.1. The molecule has 522 valence electrons. The van der Waals surface area contributed by atoms with Crippen LogP contribution in [-0.4, -0.2) is 96.7 Å². The van der Waals surface area contributed by atoms with Crippen molar-refractivity contribution in [3.8, 4) is 0 Å². The first kappa shape index (κ1) is 86.1. The number of carbonyl (C=O) groups is 4. The molecule has 88 heavy (non-hydrogen) atoms. The van der Waals surface area contributed by atoms with Gasteiger partial charge in [-0.2, -0.15) is 0 Å². The zero-order valence-corrected chi connectivity index (χ0v) is 59.1. The second-order valence-corrected chi connectivity index (χ2v) is 29.7. The van der Waals surface area contributed by atoms with Crippen LogP contribution in [0.1, 0.15) is 338 Å². The van der Waals surface area contributed by atoms with E-state index in [4.69, 9.17) is 37.0 Å². The Hall–Kier alpha value is -1.94. The molecule has 0 saturated carbocycles. The molecular weight excluding hydrogens is 1160 g/mol. The Morgan fingerprint density at radius 2 is 0.477 bits per heavy atom. The van der Waals surface area contributed by atoms with Gasteiger partial charge in [0.1, 0.15) is 19.3 Å². The summed E-state index contributed by atoms with van der Waals surface area (Å²) in [6.07, 6.45) is 40.6. The van der Waals surface area contributed by atoms with E-state index in [9.17, 15) is 43.2 Å². The van der Waals surface area contributed by atoms with E-state index in [1.165, 1.54) is 141 Å². The van der Waals surface area contributed by atoms with Crippen molar-refractivity contribution < 1.29 is 80.2 Å². The predicted octanol–water partition coefficient (Wildman–Crippen LogP) is 19.3. The highest BCUT2D eigenvalue weighted by Gasteiger charge is 2.30. The summed E-state index contributed by atoms with van der Waals surface area (Å²) in [6, 6.07) is 0. The molecule has 0 aromatic rings. The Bertz CT molecular complexity index is 1750. The molecule has 0 spiro atoms. The van der Waals surface area contributed by atoms with Crippen molar-refractivity contribution in [1.29, 1.82) is 0 Å². The molecule has 0 amide bonds. The highest BCUT2D eigenvalue weighted by Crippen LogP contribution is 2.45. The summed E-state index contributed by atoms with van der Waals surface area (Å²) < 4.78 is 68.2. The molecule has 5 atom stereocenters. The summed E-state index contributed by atoms with van der Waals surface area (Å²) in [4.78, 5) is 72.4. The van der Waals surface area contributed by atoms with Crippen molar-refractivity contribution in [2.45, 2.75) is 356 Å². The SMILES string of the molecule is CC(C)CCCCCCCCCCCCCCCCC(=O)O[C@H](COC(=O)CCCCCCCCCCC(C)C)COP(=O)(O)OCC(O)COP(=O)(O)OC[C@@H](COC(=O)CCCCCCCCCCC(C)C)OC(=O)CCCCCCCCC(C)C. The van der Waals surface area contributed by atoms with Crippen LogP contribution in [0.15, 0.2) is 0 Å². The van der Waals surface area contributed by atoms with Gasteiger partial charge in [0, 0.05) is 25.7 Å². The van der Waals surface area contributed by atoms with Gasteiger partial charge in [-0.05, 0) is 49.4 Å². The molecule has 0 aromatic carbocycles. The van der Waals surface area contributed by atoms with Crippen LogP contribution in [0.3, 0.4) is 0 Å². The molecule has 0 radical (unpaired) electrons. The van der Waals surface area contributed by atoms with Gasteiger partial charge < -0.3 is 33.8 Å². The van der Waals surface area contributed by atoms with Gasteiger partial charge in [-0.15, -0.1) is 0 Å². The lowest BCUT2D eigenvalue weighted by Crippen LogP contribution is -2.30. The summed E-state index contributed by atoms with van der Waals surface area (Å²) >= 11 is 0. The third kappa shape index (κ3) is 62.8. The molecule has 19 heteroatoms. The van der Waals surface area contributed by atoms with Crippen LogP contribution < -0.4 is 0 Å². The summed E-state index contributed by atoms with van der Waals surface area (Å²) in [5.41, 5.74) is 0. The quantitative estimate of drug-likeness (QED) is 0.0222. The Morgan fingerprint density at radius 1 is 0.284 bits per heavy atom. The highest BCUT2D eigenvalue weighted by molar-refractivity contribution is 7.47. The highest BCUT2D eigenvalue weighted by atomic mass is 31.2. The minimum Gasteiger partial charge on any atom is -0.462 e. The zero-order chi connectivity index (χ0) is 65.4. The summed E-state index contributed by atoms with van der Waals surface area (Å²) in [5.74, 6) is 0.781. The standard InChI is InChI=1S/C69H134O17P2/c1-59(2)45-37-29-21-15-13-11-9-10-12-14-16-26-35-43-51-68(73)85-64(55-79-66(71)49-41-33-24-19-17-22-30-38-46-60(3)4)57-83-87(75,76)81-53-63(70)54-82-88(77,78)84-58-65(86-69(74)52-44-36-28-27-32-40-48-62(7)8)56-80-67(72)50-42-34-25-20-18-23-31-39-47-61(5)6/h59-65,70H,9-58H2,1-8H3,(H,75,76)(H,77,78)/t63?,64-,65-/m1/s1. The van der Waals surface area contributed by atoms with Gasteiger partial charge >= 0.3 is 39.5 Å². The lowest BCUT2D eigenvalue weighted by atomic mass is 10.0. The molecule has 0 aromatic heterocycles. The lowest BCUT2D eigenvalue weighted by molar-refractivity contribution is -0.161. The maximum absolute atomic E-state index is 13.0. The normalized spacial score (nSPS) is 14.3. The van der Waals surface area contributed by atoms with Crippen molar-refractivity contribution in [2.24, 2.45) is 23.7 Å². The Morgan fingerprint density at radius 3 is 0.705 bits per heavy atom. The van der Waals surface area contributed by atoms with Crippen LogP contribution in [0.5, 0.6) is 0 Å². The van der Waals surface area contributed by atoms with Crippen LogP contribution in [-0.2, 0) is 65.4 Å². The predicted molar refractivity (Wildman–Crippen MR) is 354 cm³/mol. The van der Waals surface area contributed by atoms with Gasteiger partial charge in [0.2, 0.25) is 0 Å². The van der Waals surface area contributed by atoms with Gasteiger partial charge in [0.15, 0.2) is 12.2 Å². The van der Waals surface area contributed by atoms with Crippen LogP contribution >= 0.6 is 15.6 Å². The molecule has 0 heterocycles. The number of hydrogen-bond donors (Lipinski definition) is 3. The smallest absolute Gasteiger partial charge is 0.462 e. The number of carbonyl (C=O) groups excluding carboxylic acids is 4. The van der Waals surface area contributed by atoms with Crippen LogP contribution in [0, 0.1) is 23.7 Å². The summed E-state index contributed by atoms with van der Waals surface area (Å²) in [6.45, 7) is 14.0.